The van der Waals surface area contributed by atoms with Crippen molar-refractivity contribution in [3.05, 3.63) is 12.7 Å². The molecule has 0 radical (unpaired) electrons. The molecular formula is C19H28N6O5. The second-order valence-corrected chi connectivity index (χ2v) is 7.95. The molecule has 2 aromatic heterocycles. The summed E-state index contributed by atoms with van der Waals surface area (Å²) in [6.07, 6.45) is 3.93. The number of carbonyl (C=O) groups is 1. The van der Waals surface area contributed by atoms with Crippen LogP contribution < -0.4 is 11.1 Å². The number of nitrogens with zero attached hydrogens (tertiary/aromatic N) is 4. The maximum absolute atomic E-state index is 11.2. The second kappa shape index (κ2) is 8.42. The first-order valence-corrected chi connectivity index (χ1v) is 10.1. The molecule has 0 aromatic carbocycles. The van der Waals surface area contributed by atoms with Gasteiger partial charge in [-0.2, -0.15) is 0 Å². The normalized spacial score (nSPS) is 27.4. The summed E-state index contributed by atoms with van der Waals surface area (Å²) in [6.45, 7) is 5.15. The fourth-order valence-corrected chi connectivity index (χ4v) is 3.97. The zero-order chi connectivity index (χ0) is 21.3. The van der Waals surface area contributed by atoms with Crippen molar-refractivity contribution in [3.8, 4) is 0 Å². The molecule has 0 amide bonds. The number of nitrogens with one attached hydrogen (secondary N) is 1. The Morgan fingerprint density at radius 3 is 2.87 bits per heavy atom. The van der Waals surface area contributed by atoms with Crippen LogP contribution in [0.15, 0.2) is 12.7 Å². The van der Waals surface area contributed by atoms with E-state index in [1.807, 2.05) is 18.4 Å². The van der Waals surface area contributed by atoms with Crippen LogP contribution in [0.4, 0.5) is 5.82 Å². The monoisotopic (exact) mass is 420 g/mol. The number of nitrogens with two attached hydrogens (primary N) is 1. The molecule has 2 aliphatic rings. The fourth-order valence-electron chi connectivity index (χ4n) is 3.97. The van der Waals surface area contributed by atoms with Gasteiger partial charge in [0.2, 0.25) is 0 Å². The number of nitrogen functional groups attached to an aromatic ring is 1. The Balaban J connectivity index is 1.42. The van der Waals surface area contributed by atoms with E-state index in [4.69, 9.17) is 19.9 Å². The minimum Gasteiger partial charge on any atom is -0.469 e. The van der Waals surface area contributed by atoms with Gasteiger partial charge in [-0.25, -0.2) is 15.0 Å². The lowest BCUT2D eigenvalue weighted by Crippen LogP contribution is -2.37. The first kappa shape index (κ1) is 20.9. The quantitative estimate of drug-likeness (QED) is 0.465. The zero-order valence-corrected chi connectivity index (χ0v) is 17.4. The van der Waals surface area contributed by atoms with E-state index < -0.39 is 12.0 Å². The first-order valence-electron chi connectivity index (χ1n) is 10.1. The molecule has 11 nitrogen and oxygen atoms in total. The average Bonchev–Trinajstić information content (AvgIpc) is 3.36. The van der Waals surface area contributed by atoms with Gasteiger partial charge in [0.1, 0.15) is 30.2 Å². The van der Waals surface area contributed by atoms with E-state index in [9.17, 15) is 4.79 Å². The van der Waals surface area contributed by atoms with Gasteiger partial charge >= 0.3 is 5.97 Å². The van der Waals surface area contributed by atoms with Crippen molar-refractivity contribution in [1.29, 1.82) is 0 Å². The third-order valence-corrected chi connectivity index (χ3v) is 5.34. The number of hydrogen-bond acceptors (Lipinski definition) is 10. The summed E-state index contributed by atoms with van der Waals surface area (Å²) < 4.78 is 25.1. The van der Waals surface area contributed by atoms with Crippen molar-refractivity contribution in [2.24, 2.45) is 0 Å². The van der Waals surface area contributed by atoms with E-state index in [2.05, 4.69) is 25.0 Å². The Morgan fingerprint density at radius 2 is 2.07 bits per heavy atom. The van der Waals surface area contributed by atoms with Crippen LogP contribution in [0.25, 0.3) is 11.2 Å². The fraction of sp³-hybridized carbons (Fsp3) is 0.684. The van der Waals surface area contributed by atoms with Crippen LogP contribution in [-0.4, -0.2) is 69.8 Å². The number of rotatable bonds is 8. The lowest BCUT2D eigenvalue weighted by molar-refractivity contribution is -0.195. The number of fused-ring (bicyclic) bond motifs is 2. The number of carbonyl (C=O) groups excluding carboxylic acids is 1. The maximum atomic E-state index is 11.2. The highest BCUT2D eigenvalue weighted by atomic mass is 16.8. The van der Waals surface area contributed by atoms with Gasteiger partial charge in [0.15, 0.2) is 23.5 Å². The Morgan fingerprint density at radius 1 is 1.27 bits per heavy atom. The highest BCUT2D eigenvalue weighted by Crippen LogP contribution is 2.43. The minimum atomic E-state index is -0.708. The van der Waals surface area contributed by atoms with Crippen LogP contribution in [0.5, 0.6) is 0 Å². The molecule has 2 saturated heterocycles. The van der Waals surface area contributed by atoms with Crippen molar-refractivity contribution in [3.63, 3.8) is 0 Å². The molecule has 0 unspecified atom stereocenters. The number of aromatic nitrogens is 4. The minimum absolute atomic E-state index is 0.185. The van der Waals surface area contributed by atoms with E-state index in [0.717, 1.165) is 19.4 Å². The number of hydrogen-bond donors (Lipinski definition) is 2. The van der Waals surface area contributed by atoms with Crippen molar-refractivity contribution in [2.45, 2.75) is 63.4 Å². The Bertz CT molecular complexity index is 903. The third kappa shape index (κ3) is 4.10. The lowest BCUT2D eigenvalue weighted by atomic mass is 10.1. The lowest BCUT2D eigenvalue weighted by Gasteiger charge is -2.25. The van der Waals surface area contributed by atoms with Crippen LogP contribution in [0.3, 0.4) is 0 Å². The van der Waals surface area contributed by atoms with Gasteiger partial charge in [-0.15, -0.1) is 0 Å². The summed E-state index contributed by atoms with van der Waals surface area (Å²) in [4.78, 5) is 23.8. The van der Waals surface area contributed by atoms with Crippen molar-refractivity contribution in [1.82, 2.24) is 24.8 Å². The van der Waals surface area contributed by atoms with Crippen molar-refractivity contribution >= 4 is 23.0 Å². The predicted molar refractivity (Wildman–Crippen MR) is 106 cm³/mol. The smallest absolute Gasteiger partial charge is 0.305 e. The molecule has 2 fully saturated rings. The molecule has 3 N–H and O–H groups in total. The second-order valence-electron chi connectivity index (χ2n) is 7.95. The molecule has 11 heteroatoms. The molecule has 2 aliphatic heterocycles. The molecule has 4 atom stereocenters. The Hall–Kier alpha value is -2.34. The van der Waals surface area contributed by atoms with Gasteiger partial charge in [0.05, 0.1) is 13.4 Å². The largest absolute Gasteiger partial charge is 0.469 e. The summed E-state index contributed by atoms with van der Waals surface area (Å²) in [7, 11) is 1.40. The Kier molecular flexibility index (Phi) is 5.87. The molecule has 164 valence electrons. The van der Waals surface area contributed by atoms with E-state index in [-0.39, 0.29) is 24.3 Å². The molecule has 0 aliphatic carbocycles. The summed E-state index contributed by atoms with van der Waals surface area (Å²) in [5, 5.41) is 3.39. The number of methoxy groups -OCH3 is 1. The molecule has 30 heavy (non-hydrogen) atoms. The van der Waals surface area contributed by atoms with Crippen LogP contribution in [-0.2, 0) is 23.7 Å². The Labute approximate surface area is 174 Å². The van der Waals surface area contributed by atoms with Gasteiger partial charge in [0.25, 0.3) is 0 Å². The first-order chi connectivity index (χ1) is 14.4. The standard InChI is InChI=1S/C19H28N6O5/c1-19(2)29-14-11(8-21-7-5-4-6-12(26)27-3)28-18(15(14)30-19)25-10-24-13-16(20)22-9-23-17(13)25/h9-11,14-15,18,21H,4-8H2,1-3H3,(H2,20,22,23)/t11-,14-,15-,18-/m1/s1. The number of anilines is 1. The summed E-state index contributed by atoms with van der Waals surface area (Å²) in [5.41, 5.74) is 7.04. The number of unbranched alkanes of at least 4 members (excludes halogenated alkanes) is 1. The highest BCUT2D eigenvalue weighted by molar-refractivity contribution is 5.81. The van der Waals surface area contributed by atoms with Gasteiger partial charge in [-0.05, 0) is 33.2 Å². The molecule has 4 rings (SSSR count). The van der Waals surface area contributed by atoms with Crippen LogP contribution in [0, 0.1) is 0 Å². The summed E-state index contributed by atoms with van der Waals surface area (Å²) >= 11 is 0. The van der Waals surface area contributed by atoms with Gasteiger partial charge in [-0.3, -0.25) is 9.36 Å². The molecule has 4 heterocycles. The third-order valence-electron chi connectivity index (χ3n) is 5.34. The maximum Gasteiger partial charge on any atom is 0.305 e. The van der Waals surface area contributed by atoms with Crippen molar-refractivity contribution in [2.75, 3.05) is 25.9 Å². The van der Waals surface area contributed by atoms with E-state index in [0.29, 0.717) is 29.9 Å². The van der Waals surface area contributed by atoms with Gasteiger partial charge < -0.3 is 30.0 Å². The number of ether oxygens (including phenoxy) is 4. The van der Waals surface area contributed by atoms with Gasteiger partial charge in [-0.1, -0.05) is 0 Å². The molecule has 0 saturated carbocycles. The highest BCUT2D eigenvalue weighted by Gasteiger charge is 2.55. The molecule has 0 bridgehead atoms. The number of esters is 1. The SMILES string of the molecule is COC(=O)CCCCNC[C@H]1O[C@@H](n2cnc3c(N)ncnc32)[C@@H]2OC(C)(C)O[C@@H]21. The van der Waals surface area contributed by atoms with E-state index in [1.165, 1.54) is 13.4 Å². The van der Waals surface area contributed by atoms with Crippen LogP contribution in [0.1, 0.15) is 39.3 Å². The number of imidazole rings is 1. The molecule has 2 aromatic rings. The van der Waals surface area contributed by atoms with E-state index in [1.54, 1.807) is 6.33 Å². The summed E-state index contributed by atoms with van der Waals surface area (Å²) in [6, 6.07) is 0. The molecule has 0 spiro atoms. The van der Waals surface area contributed by atoms with E-state index >= 15 is 0 Å². The van der Waals surface area contributed by atoms with Gasteiger partial charge in [0, 0.05) is 13.0 Å². The van der Waals surface area contributed by atoms with Crippen LogP contribution >= 0.6 is 0 Å². The average molecular weight is 420 g/mol. The van der Waals surface area contributed by atoms with Crippen molar-refractivity contribution < 1.29 is 23.7 Å². The topological polar surface area (TPSA) is 136 Å². The predicted octanol–water partition coefficient (Wildman–Crippen LogP) is 0.759. The summed E-state index contributed by atoms with van der Waals surface area (Å²) in [5.74, 6) is -0.571. The van der Waals surface area contributed by atoms with Crippen LogP contribution in [0.2, 0.25) is 0 Å². The molecular weight excluding hydrogens is 392 g/mol. The zero-order valence-electron chi connectivity index (χ0n) is 17.4.